The number of carbonyl (C=O) groups excluding carboxylic acids is 1. The van der Waals surface area contributed by atoms with Crippen molar-refractivity contribution in [3.05, 3.63) is 72.2 Å². The van der Waals surface area contributed by atoms with Crippen LogP contribution in [0.4, 0.5) is 11.4 Å². The van der Waals surface area contributed by atoms with Gasteiger partial charge in [-0.15, -0.1) is 0 Å². The van der Waals surface area contributed by atoms with E-state index in [0.29, 0.717) is 29.3 Å². The van der Waals surface area contributed by atoms with E-state index in [2.05, 4.69) is 10.0 Å². The lowest BCUT2D eigenvalue weighted by atomic mass is 10.2. The molecule has 0 unspecified atom stereocenters. The van der Waals surface area contributed by atoms with Crippen LogP contribution in [0.25, 0.3) is 0 Å². The van der Waals surface area contributed by atoms with E-state index in [1.807, 2.05) is 6.92 Å². The number of sulfonamides is 1. The number of aryl methyl sites for hydroxylation is 1. The van der Waals surface area contributed by atoms with Crippen LogP contribution in [0, 0.1) is 6.92 Å². The SMILES string of the molecule is CCOc1ccc(NS(=O)(=O)c2cc(NC(=O)c3ccco3)ccc2C)cc1. The van der Waals surface area contributed by atoms with Gasteiger partial charge in [-0.2, -0.15) is 0 Å². The van der Waals surface area contributed by atoms with Crippen molar-refractivity contribution in [2.75, 3.05) is 16.6 Å². The number of benzene rings is 2. The first-order chi connectivity index (χ1) is 13.4. The van der Waals surface area contributed by atoms with Crippen molar-refractivity contribution >= 4 is 27.3 Å². The molecule has 8 heteroatoms. The van der Waals surface area contributed by atoms with Crippen molar-refractivity contribution < 1.29 is 22.4 Å². The van der Waals surface area contributed by atoms with E-state index in [1.54, 1.807) is 49.4 Å². The number of ether oxygens (including phenoxy) is 1. The highest BCUT2D eigenvalue weighted by atomic mass is 32.2. The first-order valence-electron chi connectivity index (χ1n) is 8.60. The third kappa shape index (κ3) is 4.52. The molecule has 0 bridgehead atoms. The van der Waals surface area contributed by atoms with Gasteiger partial charge in [0.05, 0.1) is 17.8 Å². The monoisotopic (exact) mass is 400 g/mol. The summed E-state index contributed by atoms with van der Waals surface area (Å²) in [6.07, 6.45) is 1.39. The summed E-state index contributed by atoms with van der Waals surface area (Å²) in [5.74, 6) is 0.332. The summed E-state index contributed by atoms with van der Waals surface area (Å²) < 4.78 is 38.6. The van der Waals surface area contributed by atoms with Crippen molar-refractivity contribution in [2.24, 2.45) is 0 Å². The Morgan fingerprint density at radius 1 is 1.07 bits per heavy atom. The Morgan fingerprint density at radius 3 is 2.43 bits per heavy atom. The zero-order valence-electron chi connectivity index (χ0n) is 15.4. The molecule has 1 amide bonds. The van der Waals surface area contributed by atoms with Gasteiger partial charge >= 0.3 is 0 Å². The van der Waals surface area contributed by atoms with Gasteiger partial charge in [0, 0.05) is 11.4 Å². The molecule has 7 nitrogen and oxygen atoms in total. The minimum absolute atomic E-state index is 0.0682. The lowest BCUT2D eigenvalue weighted by Crippen LogP contribution is -2.16. The number of rotatable bonds is 7. The first-order valence-corrected chi connectivity index (χ1v) is 10.1. The molecule has 0 aliphatic carbocycles. The van der Waals surface area contributed by atoms with Crippen molar-refractivity contribution in [1.82, 2.24) is 0 Å². The van der Waals surface area contributed by atoms with E-state index in [4.69, 9.17) is 9.15 Å². The smallest absolute Gasteiger partial charge is 0.291 e. The standard InChI is InChI=1S/C20H20N2O5S/c1-3-26-17-10-8-15(9-11-17)22-28(24,25)19-13-16(7-6-14(19)2)21-20(23)18-5-4-12-27-18/h4-13,22H,3H2,1-2H3,(H,21,23). The molecule has 0 fully saturated rings. The highest BCUT2D eigenvalue weighted by Gasteiger charge is 2.19. The minimum Gasteiger partial charge on any atom is -0.494 e. The van der Waals surface area contributed by atoms with E-state index in [0.717, 1.165) is 0 Å². The number of nitrogens with one attached hydrogen (secondary N) is 2. The number of hydrogen-bond donors (Lipinski definition) is 2. The van der Waals surface area contributed by atoms with E-state index in [-0.39, 0.29) is 10.7 Å². The van der Waals surface area contributed by atoms with Gasteiger partial charge in [0.1, 0.15) is 5.75 Å². The molecule has 28 heavy (non-hydrogen) atoms. The molecule has 1 aromatic heterocycles. The maximum Gasteiger partial charge on any atom is 0.291 e. The minimum atomic E-state index is -3.85. The average Bonchev–Trinajstić information content (AvgIpc) is 3.20. The molecule has 0 aliphatic rings. The fraction of sp³-hybridized carbons (Fsp3) is 0.150. The Labute approximate surface area is 163 Å². The normalized spacial score (nSPS) is 11.1. The Bertz CT molecular complexity index is 1060. The molecule has 0 aliphatic heterocycles. The molecule has 0 saturated heterocycles. The largest absolute Gasteiger partial charge is 0.494 e. The van der Waals surface area contributed by atoms with Gasteiger partial charge in [-0.05, 0) is 67.9 Å². The summed E-state index contributed by atoms with van der Waals surface area (Å²) in [6.45, 7) is 4.09. The quantitative estimate of drug-likeness (QED) is 0.624. The Morgan fingerprint density at radius 2 is 1.79 bits per heavy atom. The molecule has 146 valence electrons. The third-order valence-electron chi connectivity index (χ3n) is 3.90. The zero-order chi connectivity index (χ0) is 20.1. The molecule has 2 aromatic carbocycles. The van der Waals surface area contributed by atoms with Crippen molar-refractivity contribution in [2.45, 2.75) is 18.7 Å². The maximum atomic E-state index is 12.8. The third-order valence-corrected chi connectivity index (χ3v) is 5.42. The molecule has 3 rings (SSSR count). The van der Waals surface area contributed by atoms with Crippen LogP contribution in [0.3, 0.4) is 0 Å². The molecule has 2 N–H and O–H groups in total. The average molecular weight is 400 g/mol. The van der Waals surface area contributed by atoms with Crippen LogP contribution in [0.2, 0.25) is 0 Å². The van der Waals surface area contributed by atoms with E-state index in [9.17, 15) is 13.2 Å². The highest BCUT2D eigenvalue weighted by Crippen LogP contribution is 2.24. The van der Waals surface area contributed by atoms with E-state index < -0.39 is 15.9 Å². The Balaban J connectivity index is 1.81. The second-order valence-electron chi connectivity index (χ2n) is 5.97. The molecular formula is C20H20N2O5S. The molecule has 0 saturated carbocycles. The summed E-state index contributed by atoms with van der Waals surface area (Å²) in [4.78, 5) is 12.2. The van der Waals surface area contributed by atoms with Crippen molar-refractivity contribution in [1.29, 1.82) is 0 Å². The van der Waals surface area contributed by atoms with E-state index >= 15 is 0 Å². The number of amides is 1. The highest BCUT2D eigenvalue weighted by molar-refractivity contribution is 7.92. The predicted molar refractivity (Wildman–Crippen MR) is 106 cm³/mol. The molecule has 0 atom stereocenters. The topological polar surface area (TPSA) is 97.6 Å². The van der Waals surface area contributed by atoms with Crippen LogP contribution >= 0.6 is 0 Å². The van der Waals surface area contributed by atoms with Crippen LogP contribution in [-0.2, 0) is 10.0 Å². The number of carbonyl (C=O) groups is 1. The molecule has 3 aromatic rings. The van der Waals surface area contributed by atoms with Gasteiger partial charge in [0.15, 0.2) is 5.76 Å². The lowest BCUT2D eigenvalue weighted by Gasteiger charge is -2.13. The molecule has 1 heterocycles. The van der Waals surface area contributed by atoms with Crippen LogP contribution in [-0.4, -0.2) is 20.9 Å². The van der Waals surface area contributed by atoms with Crippen LogP contribution in [0.15, 0.2) is 70.2 Å². The van der Waals surface area contributed by atoms with Crippen LogP contribution in [0.5, 0.6) is 5.75 Å². The van der Waals surface area contributed by atoms with Crippen LogP contribution in [0.1, 0.15) is 23.0 Å². The Kier molecular flexibility index (Phi) is 5.70. The number of hydrogen-bond acceptors (Lipinski definition) is 5. The second kappa shape index (κ2) is 8.18. The second-order valence-corrected chi connectivity index (χ2v) is 7.63. The number of furan rings is 1. The number of anilines is 2. The fourth-order valence-electron chi connectivity index (χ4n) is 2.56. The summed E-state index contributed by atoms with van der Waals surface area (Å²) in [5, 5.41) is 2.63. The van der Waals surface area contributed by atoms with Gasteiger partial charge < -0.3 is 14.5 Å². The van der Waals surface area contributed by atoms with Gasteiger partial charge in [-0.3, -0.25) is 9.52 Å². The summed E-state index contributed by atoms with van der Waals surface area (Å²) in [5.41, 5.74) is 1.31. The zero-order valence-corrected chi connectivity index (χ0v) is 16.2. The summed E-state index contributed by atoms with van der Waals surface area (Å²) >= 11 is 0. The van der Waals surface area contributed by atoms with Gasteiger partial charge in [0.2, 0.25) is 0 Å². The summed E-state index contributed by atoms with van der Waals surface area (Å²) in [7, 11) is -3.85. The van der Waals surface area contributed by atoms with Gasteiger partial charge in [-0.25, -0.2) is 8.42 Å². The first kappa shape index (κ1) is 19.5. The van der Waals surface area contributed by atoms with Crippen LogP contribution < -0.4 is 14.8 Å². The molecular weight excluding hydrogens is 380 g/mol. The lowest BCUT2D eigenvalue weighted by molar-refractivity contribution is 0.0996. The van der Waals surface area contributed by atoms with Crippen molar-refractivity contribution in [3.8, 4) is 5.75 Å². The Hall–Kier alpha value is -3.26. The maximum absolute atomic E-state index is 12.8. The predicted octanol–water partition coefficient (Wildman–Crippen LogP) is 4.04. The summed E-state index contributed by atoms with van der Waals surface area (Å²) in [6, 6.07) is 14.4. The van der Waals surface area contributed by atoms with Crippen molar-refractivity contribution in [3.63, 3.8) is 0 Å². The molecule has 0 spiro atoms. The van der Waals surface area contributed by atoms with Gasteiger partial charge in [0.25, 0.3) is 15.9 Å². The van der Waals surface area contributed by atoms with Gasteiger partial charge in [-0.1, -0.05) is 6.07 Å². The fourth-order valence-corrected chi connectivity index (χ4v) is 3.89. The molecule has 0 radical (unpaired) electrons. The van der Waals surface area contributed by atoms with E-state index in [1.165, 1.54) is 18.4 Å².